The molecule has 1 aromatic carbocycles. The van der Waals surface area contributed by atoms with E-state index in [0.29, 0.717) is 46.6 Å². The van der Waals surface area contributed by atoms with Gasteiger partial charge in [0.2, 0.25) is 0 Å². The van der Waals surface area contributed by atoms with Gasteiger partial charge in [0.05, 0.1) is 35.5 Å². The van der Waals surface area contributed by atoms with Crippen molar-refractivity contribution in [1.82, 2.24) is 24.7 Å². The number of hydrogen-bond acceptors (Lipinski definition) is 6. The summed E-state index contributed by atoms with van der Waals surface area (Å²) >= 11 is 0. The molecule has 3 aromatic heterocycles. The SMILES string of the molecule is Cc1nccn1-c1cnc(NCc2c(F)ccc3c2CCO3)c2cn[nH]c(=O)c12. The van der Waals surface area contributed by atoms with Crippen LogP contribution in [0.3, 0.4) is 0 Å². The molecule has 0 bridgehead atoms. The molecule has 1 aliphatic rings. The fraction of sp³-hybridized carbons (Fsp3) is 0.200. The minimum Gasteiger partial charge on any atom is -0.493 e. The molecule has 9 heteroatoms. The number of pyridine rings is 1. The van der Waals surface area contributed by atoms with E-state index in [1.54, 1.807) is 29.2 Å². The normalized spacial score (nSPS) is 12.8. The van der Waals surface area contributed by atoms with Crippen LogP contribution in [-0.2, 0) is 13.0 Å². The molecule has 0 saturated carbocycles. The number of nitrogens with zero attached hydrogens (tertiary/aromatic N) is 4. The second-order valence-corrected chi connectivity index (χ2v) is 6.78. The van der Waals surface area contributed by atoms with Crippen molar-refractivity contribution in [3.8, 4) is 11.4 Å². The Bertz CT molecular complexity index is 1300. The van der Waals surface area contributed by atoms with Gasteiger partial charge in [-0.15, -0.1) is 0 Å². The highest BCUT2D eigenvalue weighted by molar-refractivity contribution is 5.96. The molecule has 0 atom stereocenters. The molecule has 4 aromatic rings. The van der Waals surface area contributed by atoms with Crippen LogP contribution >= 0.6 is 0 Å². The molecule has 0 aliphatic carbocycles. The van der Waals surface area contributed by atoms with Crippen molar-refractivity contribution in [3.63, 3.8) is 0 Å². The summed E-state index contributed by atoms with van der Waals surface area (Å²) in [7, 11) is 0. The fourth-order valence-electron chi connectivity index (χ4n) is 3.73. The molecule has 5 rings (SSSR count). The molecule has 146 valence electrons. The molecule has 0 spiro atoms. The number of anilines is 1. The van der Waals surface area contributed by atoms with Gasteiger partial charge in [-0.05, 0) is 19.1 Å². The first-order valence-corrected chi connectivity index (χ1v) is 9.17. The summed E-state index contributed by atoms with van der Waals surface area (Å²) in [6.07, 6.45) is 7.23. The third kappa shape index (κ3) is 2.82. The quantitative estimate of drug-likeness (QED) is 0.554. The van der Waals surface area contributed by atoms with Crippen molar-refractivity contribution >= 4 is 16.6 Å². The summed E-state index contributed by atoms with van der Waals surface area (Å²) in [5.41, 5.74) is 1.67. The van der Waals surface area contributed by atoms with Crippen LogP contribution in [-0.4, -0.2) is 31.3 Å². The number of halogens is 1. The Morgan fingerprint density at radius 3 is 3.03 bits per heavy atom. The number of benzene rings is 1. The summed E-state index contributed by atoms with van der Waals surface area (Å²) in [5.74, 6) is 1.60. The lowest BCUT2D eigenvalue weighted by Crippen LogP contribution is -2.14. The van der Waals surface area contributed by atoms with E-state index in [-0.39, 0.29) is 17.9 Å². The minimum atomic E-state index is -0.337. The molecule has 0 amide bonds. The minimum absolute atomic E-state index is 0.219. The maximum Gasteiger partial charge on any atom is 0.274 e. The Morgan fingerprint density at radius 2 is 2.21 bits per heavy atom. The number of aromatic amines is 1. The van der Waals surface area contributed by atoms with E-state index in [2.05, 4.69) is 25.5 Å². The number of rotatable bonds is 4. The smallest absolute Gasteiger partial charge is 0.274 e. The van der Waals surface area contributed by atoms with Crippen molar-refractivity contribution in [3.05, 3.63) is 70.0 Å². The Hall–Kier alpha value is -3.75. The van der Waals surface area contributed by atoms with Crippen LogP contribution < -0.4 is 15.6 Å². The lowest BCUT2D eigenvalue weighted by atomic mass is 10.0. The first-order valence-electron chi connectivity index (χ1n) is 9.17. The molecule has 29 heavy (non-hydrogen) atoms. The van der Waals surface area contributed by atoms with Gasteiger partial charge in [0.15, 0.2) is 0 Å². The number of aromatic nitrogens is 5. The van der Waals surface area contributed by atoms with Gasteiger partial charge in [0, 0.05) is 36.5 Å². The Labute approximate surface area is 164 Å². The molecule has 0 unspecified atom stereocenters. The number of aryl methyl sites for hydroxylation is 1. The standard InChI is InChI=1S/C20H17FN6O2/c1-11-22-5-6-27(11)16-10-24-19(14-9-25-26-20(28)18(14)16)23-8-13-12-4-7-29-17(12)3-2-15(13)21/h2-3,5-6,9-10H,4,7-8H2,1H3,(H,23,24)(H,26,28). The number of hydrogen-bond donors (Lipinski definition) is 2. The molecule has 8 nitrogen and oxygen atoms in total. The number of imidazole rings is 1. The molecule has 0 fully saturated rings. The van der Waals surface area contributed by atoms with Gasteiger partial charge < -0.3 is 14.6 Å². The highest BCUT2D eigenvalue weighted by Gasteiger charge is 2.20. The number of H-pyrrole nitrogens is 1. The van der Waals surface area contributed by atoms with Crippen LogP contribution in [0, 0.1) is 12.7 Å². The van der Waals surface area contributed by atoms with E-state index < -0.39 is 0 Å². The van der Waals surface area contributed by atoms with E-state index in [1.807, 2.05) is 6.92 Å². The zero-order valence-electron chi connectivity index (χ0n) is 15.6. The monoisotopic (exact) mass is 392 g/mol. The van der Waals surface area contributed by atoms with Crippen molar-refractivity contribution in [2.45, 2.75) is 19.9 Å². The highest BCUT2D eigenvalue weighted by Crippen LogP contribution is 2.31. The molecular weight excluding hydrogens is 375 g/mol. The number of nitrogens with one attached hydrogen (secondary N) is 2. The maximum absolute atomic E-state index is 14.4. The van der Waals surface area contributed by atoms with Crippen molar-refractivity contribution in [1.29, 1.82) is 0 Å². The van der Waals surface area contributed by atoms with E-state index in [4.69, 9.17) is 4.74 Å². The lowest BCUT2D eigenvalue weighted by molar-refractivity contribution is 0.356. The van der Waals surface area contributed by atoms with Crippen LogP contribution in [0.25, 0.3) is 16.5 Å². The van der Waals surface area contributed by atoms with E-state index >= 15 is 0 Å². The van der Waals surface area contributed by atoms with Gasteiger partial charge in [-0.2, -0.15) is 5.10 Å². The average Bonchev–Trinajstić information content (AvgIpc) is 3.36. The second-order valence-electron chi connectivity index (χ2n) is 6.78. The molecule has 1 aliphatic heterocycles. The molecule has 2 N–H and O–H groups in total. The fourth-order valence-corrected chi connectivity index (χ4v) is 3.73. The summed E-state index contributed by atoms with van der Waals surface area (Å²) < 4.78 is 21.7. The van der Waals surface area contributed by atoms with Crippen LogP contribution in [0.15, 0.2) is 41.7 Å². The van der Waals surface area contributed by atoms with E-state index in [0.717, 1.165) is 11.4 Å². The second kappa shape index (κ2) is 6.69. The molecular formula is C20H17FN6O2. The van der Waals surface area contributed by atoms with Crippen LogP contribution in [0.1, 0.15) is 17.0 Å². The van der Waals surface area contributed by atoms with Gasteiger partial charge in [-0.1, -0.05) is 0 Å². The van der Waals surface area contributed by atoms with E-state index in [9.17, 15) is 9.18 Å². The van der Waals surface area contributed by atoms with Gasteiger partial charge >= 0.3 is 0 Å². The van der Waals surface area contributed by atoms with Crippen LogP contribution in [0.4, 0.5) is 10.2 Å². The summed E-state index contributed by atoms with van der Waals surface area (Å²) in [6.45, 7) is 2.61. The third-order valence-corrected chi connectivity index (χ3v) is 5.14. The van der Waals surface area contributed by atoms with Gasteiger partial charge in [-0.25, -0.2) is 19.5 Å². The highest BCUT2D eigenvalue weighted by atomic mass is 19.1. The summed E-state index contributed by atoms with van der Waals surface area (Å²) in [5, 5.41) is 10.5. The zero-order chi connectivity index (χ0) is 20.0. The Balaban J connectivity index is 1.58. The number of ether oxygens (including phenoxy) is 1. The molecule has 4 heterocycles. The molecule has 0 saturated heterocycles. The predicted octanol–water partition coefficient (Wildman–Crippen LogP) is 2.50. The first kappa shape index (κ1) is 17.4. The van der Waals surface area contributed by atoms with Crippen LogP contribution in [0.5, 0.6) is 5.75 Å². The van der Waals surface area contributed by atoms with E-state index in [1.165, 1.54) is 12.3 Å². The maximum atomic E-state index is 14.4. The van der Waals surface area contributed by atoms with Crippen molar-refractivity contribution in [2.24, 2.45) is 0 Å². The largest absolute Gasteiger partial charge is 0.493 e. The Kier molecular flexibility index (Phi) is 4.01. The van der Waals surface area contributed by atoms with Gasteiger partial charge in [0.25, 0.3) is 5.56 Å². The zero-order valence-corrected chi connectivity index (χ0v) is 15.6. The average molecular weight is 392 g/mol. The third-order valence-electron chi connectivity index (χ3n) is 5.14. The summed E-state index contributed by atoms with van der Waals surface area (Å²) in [4.78, 5) is 21.2. The van der Waals surface area contributed by atoms with Gasteiger partial charge in [-0.3, -0.25) is 4.79 Å². The lowest BCUT2D eigenvalue weighted by Gasteiger charge is -2.14. The van der Waals surface area contributed by atoms with Gasteiger partial charge in [0.1, 0.15) is 23.2 Å². The van der Waals surface area contributed by atoms with Crippen molar-refractivity contribution in [2.75, 3.05) is 11.9 Å². The van der Waals surface area contributed by atoms with Crippen LogP contribution in [0.2, 0.25) is 0 Å². The molecule has 0 radical (unpaired) electrons. The number of fused-ring (bicyclic) bond motifs is 2. The van der Waals surface area contributed by atoms with Crippen molar-refractivity contribution < 1.29 is 9.13 Å². The Morgan fingerprint density at radius 1 is 1.31 bits per heavy atom. The topological polar surface area (TPSA) is 97.7 Å². The predicted molar refractivity (Wildman–Crippen MR) is 105 cm³/mol. The summed E-state index contributed by atoms with van der Waals surface area (Å²) in [6, 6.07) is 3.06. The first-order chi connectivity index (χ1) is 14.1.